The fraction of sp³-hybridized carbons (Fsp3) is 0.667. The highest BCUT2D eigenvalue weighted by molar-refractivity contribution is 6.30. The molecule has 0 aromatic carbocycles. The molecule has 1 fully saturated rings. The lowest BCUT2D eigenvalue weighted by Gasteiger charge is -2.12. The molecule has 0 atom stereocenters. The molecule has 1 aromatic heterocycles. The lowest BCUT2D eigenvalue weighted by Crippen LogP contribution is -2.38. The summed E-state index contributed by atoms with van der Waals surface area (Å²) in [5.41, 5.74) is -0.471. The van der Waals surface area contributed by atoms with Crippen LogP contribution >= 0.6 is 11.6 Å². The van der Waals surface area contributed by atoms with Crippen LogP contribution in [0.15, 0.2) is 9.59 Å². The molecule has 1 N–H and O–H groups in total. The van der Waals surface area contributed by atoms with Crippen LogP contribution < -0.4 is 11.2 Å². The van der Waals surface area contributed by atoms with Gasteiger partial charge >= 0.3 is 5.69 Å². The summed E-state index contributed by atoms with van der Waals surface area (Å²) in [7, 11) is 0. The van der Waals surface area contributed by atoms with E-state index in [9.17, 15) is 9.59 Å². The Bertz CT molecular complexity index is 529. The predicted molar refractivity (Wildman–Crippen MR) is 69.3 cm³/mol. The zero-order chi connectivity index (χ0) is 13.1. The van der Waals surface area contributed by atoms with Gasteiger partial charge < -0.3 is 4.74 Å². The number of nitrogens with one attached hydrogen (secondary N) is 1. The minimum atomic E-state index is -0.481. The summed E-state index contributed by atoms with van der Waals surface area (Å²) < 4.78 is 6.78. The summed E-state index contributed by atoms with van der Waals surface area (Å²) in [6.45, 7) is 2.24. The zero-order valence-corrected chi connectivity index (χ0v) is 11.1. The van der Waals surface area contributed by atoms with Crippen LogP contribution in [-0.4, -0.2) is 22.3 Å². The Kier molecular flexibility index (Phi) is 4.24. The molecule has 0 unspecified atom stereocenters. The Morgan fingerprint density at radius 2 is 2.06 bits per heavy atom. The first-order chi connectivity index (χ1) is 8.59. The predicted octanol–water partition coefficient (Wildman–Crippen LogP) is 1.46. The molecule has 2 rings (SSSR count). The van der Waals surface area contributed by atoms with E-state index in [0.717, 1.165) is 17.4 Å². The Hall–Kier alpha value is -1.07. The Morgan fingerprint density at radius 3 is 2.72 bits per heavy atom. The van der Waals surface area contributed by atoms with Gasteiger partial charge in [0.2, 0.25) is 0 Å². The summed E-state index contributed by atoms with van der Waals surface area (Å²) in [6, 6.07) is 0. The third kappa shape index (κ3) is 2.84. The Balaban J connectivity index is 2.03. The highest BCUT2D eigenvalue weighted by Crippen LogP contribution is 2.20. The highest BCUT2D eigenvalue weighted by Gasteiger charge is 2.15. The van der Waals surface area contributed by atoms with Crippen molar-refractivity contribution in [2.24, 2.45) is 0 Å². The van der Waals surface area contributed by atoms with Gasteiger partial charge in [-0.25, -0.2) is 4.79 Å². The maximum Gasteiger partial charge on any atom is 0.329 e. The standard InChI is InChI=1S/C12H17ClN2O3/c1-8-10(13)14-12(17)15(11(8)16)6-7-18-9-4-2-3-5-9/h9H,2-7H2,1H3,(H,14,17). The third-order valence-corrected chi connectivity index (χ3v) is 3.71. The maximum absolute atomic E-state index is 11.8. The Labute approximate surface area is 110 Å². The second kappa shape index (κ2) is 5.71. The fourth-order valence-corrected chi connectivity index (χ4v) is 2.37. The van der Waals surface area contributed by atoms with Gasteiger partial charge in [-0.3, -0.25) is 14.3 Å². The second-order valence-corrected chi connectivity index (χ2v) is 4.98. The minimum Gasteiger partial charge on any atom is -0.376 e. The third-order valence-electron chi connectivity index (χ3n) is 3.33. The van der Waals surface area contributed by atoms with Crippen LogP contribution in [0.2, 0.25) is 5.15 Å². The molecule has 1 aliphatic carbocycles. The molecule has 0 radical (unpaired) electrons. The number of nitrogens with zero attached hydrogens (tertiary/aromatic N) is 1. The summed E-state index contributed by atoms with van der Waals surface area (Å²) in [4.78, 5) is 25.9. The molecule has 18 heavy (non-hydrogen) atoms. The van der Waals surface area contributed by atoms with Gasteiger partial charge in [-0.15, -0.1) is 0 Å². The average Bonchev–Trinajstić information content (AvgIpc) is 2.84. The largest absolute Gasteiger partial charge is 0.376 e. The quantitative estimate of drug-likeness (QED) is 0.844. The van der Waals surface area contributed by atoms with Gasteiger partial charge in [-0.2, -0.15) is 0 Å². The van der Waals surface area contributed by atoms with Crippen molar-refractivity contribution in [3.8, 4) is 0 Å². The van der Waals surface area contributed by atoms with Crippen molar-refractivity contribution in [1.29, 1.82) is 0 Å². The maximum atomic E-state index is 11.8. The van der Waals surface area contributed by atoms with Gasteiger partial charge in [-0.05, 0) is 19.8 Å². The van der Waals surface area contributed by atoms with Gasteiger partial charge in [0.15, 0.2) is 0 Å². The van der Waals surface area contributed by atoms with Gasteiger partial charge in [-0.1, -0.05) is 24.4 Å². The van der Waals surface area contributed by atoms with Gasteiger partial charge in [0.1, 0.15) is 5.15 Å². The number of rotatable bonds is 4. The lowest BCUT2D eigenvalue weighted by molar-refractivity contribution is 0.0519. The van der Waals surface area contributed by atoms with E-state index in [-0.39, 0.29) is 23.4 Å². The van der Waals surface area contributed by atoms with E-state index in [1.165, 1.54) is 12.8 Å². The van der Waals surface area contributed by atoms with Crippen LogP contribution in [0, 0.1) is 6.92 Å². The molecule has 0 saturated heterocycles. The molecule has 6 heteroatoms. The summed E-state index contributed by atoms with van der Waals surface area (Å²) in [6.07, 6.45) is 4.83. The molecule has 1 heterocycles. The average molecular weight is 273 g/mol. The monoisotopic (exact) mass is 272 g/mol. The number of H-pyrrole nitrogens is 1. The van der Waals surface area contributed by atoms with E-state index >= 15 is 0 Å². The molecule has 1 saturated carbocycles. The number of hydrogen-bond donors (Lipinski definition) is 1. The van der Waals surface area contributed by atoms with Crippen molar-refractivity contribution < 1.29 is 4.74 Å². The smallest absolute Gasteiger partial charge is 0.329 e. The van der Waals surface area contributed by atoms with Crippen LogP contribution in [0.5, 0.6) is 0 Å². The molecule has 1 aliphatic rings. The highest BCUT2D eigenvalue weighted by atomic mass is 35.5. The summed E-state index contributed by atoms with van der Waals surface area (Å²) in [5.74, 6) is 0. The van der Waals surface area contributed by atoms with Crippen molar-refractivity contribution in [3.05, 3.63) is 31.6 Å². The van der Waals surface area contributed by atoms with Crippen LogP contribution in [0.4, 0.5) is 0 Å². The van der Waals surface area contributed by atoms with Crippen LogP contribution in [-0.2, 0) is 11.3 Å². The first-order valence-electron chi connectivity index (χ1n) is 6.20. The summed E-state index contributed by atoms with van der Waals surface area (Å²) in [5, 5.41) is 0.109. The molecule has 0 aliphatic heterocycles. The molecular weight excluding hydrogens is 256 g/mol. The number of aromatic nitrogens is 2. The normalized spacial score (nSPS) is 16.3. The zero-order valence-electron chi connectivity index (χ0n) is 10.4. The first kappa shape index (κ1) is 13.4. The van der Waals surface area contributed by atoms with Crippen LogP contribution in [0.3, 0.4) is 0 Å². The van der Waals surface area contributed by atoms with E-state index < -0.39 is 5.69 Å². The van der Waals surface area contributed by atoms with Gasteiger partial charge in [0, 0.05) is 5.56 Å². The van der Waals surface area contributed by atoms with Gasteiger partial charge in [0.25, 0.3) is 5.56 Å². The van der Waals surface area contributed by atoms with E-state index in [4.69, 9.17) is 16.3 Å². The molecular formula is C12H17ClN2O3. The molecule has 0 bridgehead atoms. The number of hydrogen-bond acceptors (Lipinski definition) is 3. The SMILES string of the molecule is Cc1c(Cl)[nH]c(=O)n(CCOC2CCCC2)c1=O. The van der Waals surface area contributed by atoms with E-state index in [1.807, 2.05) is 0 Å². The summed E-state index contributed by atoms with van der Waals surface area (Å²) >= 11 is 5.73. The molecule has 5 nitrogen and oxygen atoms in total. The first-order valence-corrected chi connectivity index (χ1v) is 6.58. The minimum absolute atomic E-state index is 0.109. The van der Waals surface area contributed by atoms with Crippen molar-refractivity contribution in [3.63, 3.8) is 0 Å². The van der Waals surface area contributed by atoms with Crippen LogP contribution in [0.25, 0.3) is 0 Å². The fourth-order valence-electron chi connectivity index (χ4n) is 2.21. The van der Waals surface area contributed by atoms with E-state index in [1.54, 1.807) is 6.92 Å². The lowest BCUT2D eigenvalue weighted by atomic mass is 10.3. The van der Waals surface area contributed by atoms with Crippen LogP contribution in [0.1, 0.15) is 31.2 Å². The number of aromatic amines is 1. The molecule has 1 aromatic rings. The van der Waals surface area contributed by atoms with E-state index in [0.29, 0.717) is 12.2 Å². The number of ether oxygens (including phenoxy) is 1. The van der Waals surface area contributed by atoms with Crippen molar-refractivity contribution >= 4 is 11.6 Å². The van der Waals surface area contributed by atoms with E-state index in [2.05, 4.69) is 4.98 Å². The topological polar surface area (TPSA) is 64.1 Å². The van der Waals surface area contributed by atoms with Crippen molar-refractivity contribution in [1.82, 2.24) is 9.55 Å². The van der Waals surface area contributed by atoms with Crippen molar-refractivity contribution in [2.75, 3.05) is 6.61 Å². The van der Waals surface area contributed by atoms with Gasteiger partial charge in [0.05, 0.1) is 19.3 Å². The molecule has 0 amide bonds. The molecule has 0 spiro atoms. The second-order valence-electron chi connectivity index (χ2n) is 4.60. The number of halogens is 1. The Morgan fingerprint density at radius 1 is 1.39 bits per heavy atom. The molecule has 100 valence electrons. The van der Waals surface area contributed by atoms with Crippen molar-refractivity contribution in [2.45, 2.75) is 45.3 Å².